The largest absolute Gasteiger partial charge is 0.357 e. The third-order valence-electron chi connectivity index (χ3n) is 4.81. The van der Waals surface area contributed by atoms with E-state index >= 15 is 0 Å². The first-order valence-corrected chi connectivity index (χ1v) is 8.79. The van der Waals surface area contributed by atoms with E-state index in [1.807, 2.05) is 0 Å². The Hall–Kier alpha value is -0.800. The molecule has 2 saturated heterocycles. The van der Waals surface area contributed by atoms with Crippen molar-refractivity contribution in [1.29, 1.82) is 0 Å². The lowest BCUT2D eigenvalue weighted by Gasteiger charge is -2.34. The molecule has 2 aliphatic heterocycles. The molecule has 4 heteroatoms. The summed E-state index contributed by atoms with van der Waals surface area (Å²) >= 11 is 5.98. The second-order valence-corrected chi connectivity index (χ2v) is 6.81. The quantitative estimate of drug-likeness (QED) is 0.794. The van der Waals surface area contributed by atoms with Crippen molar-refractivity contribution in [1.82, 2.24) is 9.88 Å². The second-order valence-electron chi connectivity index (χ2n) is 6.55. The van der Waals surface area contributed by atoms with Crippen LogP contribution in [-0.4, -0.2) is 42.6 Å². The standard InChI is InChI=1S/C17H26ClN3/c1-14-10-16(12-18)11-17(19-14)21-8-4-15(5-9-21)13-20-6-2-3-7-20/h10-11,15H,2-9,12-13H2,1H3. The zero-order valence-corrected chi connectivity index (χ0v) is 13.8. The number of hydrogen-bond acceptors (Lipinski definition) is 3. The van der Waals surface area contributed by atoms with Gasteiger partial charge in [0.05, 0.1) is 0 Å². The van der Waals surface area contributed by atoms with Gasteiger partial charge in [-0.25, -0.2) is 4.98 Å². The number of anilines is 1. The minimum absolute atomic E-state index is 0.571. The molecule has 0 N–H and O–H groups in total. The molecule has 3 heterocycles. The predicted molar refractivity (Wildman–Crippen MR) is 89.1 cm³/mol. The zero-order chi connectivity index (χ0) is 14.7. The number of nitrogens with zero attached hydrogens (tertiary/aromatic N) is 3. The highest BCUT2D eigenvalue weighted by atomic mass is 35.5. The summed E-state index contributed by atoms with van der Waals surface area (Å²) in [5.41, 5.74) is 2.25. The van der Waals surface area contributed by atoms with E-state index < -0.39 is 0 Å². The zero-order valence-electron chi connectivity index (χ0n) is 13.0. The van der Waals surface area contributed by atoms with Crippen molar-refractivity contribution < 1.29 is 0 Å². The van der Waals surface area contributed by atoms with Gasteiger partial charge in [-0.1, -0.05) is 0 Å². The molecule has 1 aromatic heterocycles. The lowest BCUT2D eigenvalue weighted by atomic mass is 9.96. The Morgan fingerprint density at radius 2 is 1.86 bits per heavy atom. The number of aryl methyl sites for hydroxylation is 1. The van der Waals surface area contributed by atoms with E-state index in [-0.39, 0.29) is 0 Å². The van der Waals surface area contributed by atoms with Gasteiger partial charge < -0.3 is 9.80 Å². The Morgan fingerprint density at radius 1 is 1.14 bits per heavy atom. The summed E-state index contributed by atoms with van der Waals surface area (Å²) < 4.78 is 0. The SMILES string of the molecule is Cc1cc(CCl)cc(N2CCC(CN3CCCC3)CC2)n1. The van der Waals surface area contributed by atoms with Crippen molar-refractivity contribution in [2.75, 3.05) is 37.6 Å². The molecule has 0 unspecified atom stereocenters. The van der Waals surface area contributed by atoms with Gasteiger partial charge >= 0.3 is 0 Å². The Kier molecular flexibility index (Phi) is 5.02. The van der Waals surface area contributed by atoms with E-state index in [1.165, 1.54) is 50.9 Å². The highest BCUT2D eigenvalue weighted by Crippen LogP contribution is 2.25. The first kappa shape index (κ1) is 15.1. The molecule has 0 spiro atoms. The van der Waals surface area contributed by atoms with Crippen molar-refractivity contribution >= 4 is 17.4 Å². The van der Waals surface area contributed by atoms with Crippen LogP contribution in [-0.2, 0) is 5.88 Å². The second kappa shape index (κ2) is 6.97. The average Bonchev–Trinajstić information content (AvgIpc) is 3.00. The van der Waals surface area contributed by atoms with E-state index in [4.69, 9.17) is 16.6 Å². The molecule has 0 aromatic carbocycles. The van der Waals surface area contributed by atoms with Crippen LogP contribution >= 0.6 is 11.6 Å². The summed E-state index contributed by atoms with van der Waals surface area (Å²) in [6, 6.07) is 4.23. The van der Waals surface area contributed by atoms with Gasteiger partial charge in [0.15, 0.2) is 0 Å². The minimum atomic E-state index is 0.571. The molecule has 0 saturated carbocycles. The molecule has 21 heavy (non-hydrogen) atoms. The highest BCUT2D eigenvalue weighted by molar-refractivity contribution is 6.17. The molecule has 3 nitrogen and oxygen atoms in total. The number of rotatable bonds is 4. The van der Waals surface area contributed by atoms with Crippen molar-refractivity contribution in [2.45, 2.75) is 38.5 Å². The lowest BCUT2D eigenvalue weighted by molar-refractivity contribution is 0.249. The molecule has 0 aliphatic carbocycles. The van der Waals surface area contributed by atoms with Crippen molar-refractivity contribution in [3.05, 3.63) is 23.4 Å². The van der Waals surface area contributed by atoms with Crippen LogP contribution in [0.25, 0.3) is 0 Å². The fourth-order valence-electron chi connectivity index (χ4n) is 3.64. The van der Waals surface area contributed by atoms with Crippen LogP contribution in [0.3, 0.4) is 0 Å². The Bertz CT molecular complexity index is 463. The van der Waals surface area contributed by atoms with Crippen LogP contribution in [0.1, 0.15) is 36.9 Å². The van der Waals surface area contributed by atoms with E-state index in [2.05, 4.69) is 28.9 Å². The van der Waals surface area contributed by atoms with Crippen molar-refractivity contribution in [3.63, 3.8) is 0 Å². The summed E-state index contributed by atoms with van der Waals surface area (Å²) in [6.07, 6.45) is 5.38. The van der Waals surface area contributed by atoms with E-state index in [1.54, 1.807) is 0 Å². The van der Waals surface area contributed by atoms with E-state index in [0.29, 0.717) is 5.88 Å². The van der Waals surface area contributed by atoms with E-state index in [9.17, 15) is 0 Å². The molecule has 0 amide bonds. The fraction of sp³-hybridized carbons (Fsp3) is 0.706. The number of pyridine rings is 1. The molecule has 0 radical (unpaired) electrons. The third kappa shape index (κ3) is 3.89. The van der Waals surface area contributed by atoms with Crippen LogP contribution in [0.4, 0.5) is 5.82 Å². The van der Waals surface area contributed by atoms with Gasteiger partial charge in [-0.15, -0.1) is 11.6 Å². The van der Waals surface area contributed by atoms with Gasteiger partial charge in [0, 0.05) is 31.2 Å². The average molecular weight is 308 g/mol. The maximum absolute atomic E-state index is 5.98. The van der Waals surface area contributed by atoms with E-state index in [0.717, 1.165) is 30.5 Å². The van der Waals surface area contributed by atoms with Crippen molar-refractivity contribution in [3.8, 4) is 0 Å². The van der Waals surface area contributed by atoms with Crippen molar-refractivity contribution in [2.24, 2.45) is 5.92 Å². The maximum atomic E-state index is 5.98. The summed E-state index contributed by atoms with van der Waals surface area (Å²) in [4.78, 5) is 9.77. The molecule has 3 rings (SSSR count). The molecule has 2 aliphatic rings. The topological polar surface area (TPSA) is 19.4 Å². The summed E-state index contributed by atoms with van der Waals surface area (Å²) in [6.45, 7) is 8.27. The summed E-state index contributed by atoms with van der Waals surface area (Å²) in [5, 5.41) is 0. The molecule has 0 bridgehead atoms. The summed E-state index contributed by atoms with van der Waals surface area (Å²) in [7, 11) is 0. The molecule has 2 fully saturated rings. The van der Waals surface area contributed by atoms with Crippen LogP contribution in [0.15, 0.2) is 12.1 Å². The minimum Gasteiger partial charge on any atom is -0.357 e. The Morgan fingerprint density at radius 3 is 2.52 bits per heavy atom. The molecule has 0 atom stereocenters. The van der Waals surface area contributed by atoms with Gasteiger partial charge in [0.2, 0.25) is 0 Å². The fourth-order valence-corrected chi connectivity index (χ4v) is 3.79. The van der Waals surface area contributed by atoms with Crippen LogP contribution in [0.5, 0.6) is 0 Å². The monoisotopic (exact) mass is 307 g/mol. The maximum Gasteiger partial charge on any atom is 0.129 e. The number of hydrogen-bond donors (Lipinski definition) is 0. The van der Waals surface area contributed by atoms with Crippen LogP contribution < -0.4 is 4.90 Å². The summed E-state index contributed by atoms with van der Waals surface area (Å²) in [5.74, 6) is 2.56. The number of piperidine rings is 1. The molecular weight excluding hydrogens is 282 g/mol. The van der Waals surface area contributed by atoms with Gasteiger partial charge in [-0.3, -0.25) is 0 Å². The van der Waals surface area contributed by atoms with Gasteiger partial charge in [0.25, 0.3) is 0 Å². The number of likely N-dealkylation sites (tertiary alicyclic amines) is 1. The third-order valence-corrected chi connectivity index (χ3v) is 5.12. The first-order chi connectivity index (χ1) is 10.2. The smallest absolute Gasteiger partial charge is 0.129 e. The molecule has 1 aromatic rings. The number of alkyl halides is 1. The first-order valence-electron chi connectivity index (χ1n) is 8.25. The van der Waals surface area contributed by atoms with Crippen LogP contribution in [0.2, 0.25) is 0 Å². The van der Waals surface area contributed by atoms with Crippen LogP contribution in [0, 0.1) is 12.8 Å². The van der Waals surface area contributed by atoms with Gasteiger partial charge in [0.1, 0.15) is 5.82 Å². The Labute approximate surface area is 133 Å². The Balaban J connectivity index is 1.56. The molecule has 116 valence electrons. The normalized spacial score (nSPS) is 21.1. The van der Waals surface area contributed by atoms with Gasteiger partial charge in [-0.2, -0.15) is 0 Å². The molecular formula is C17H26ClN3. The highest BCUT2D eigenvalue weighted by Gasteiger charge is 2.23. The number of aromatic nitrogens is 1. The predicted octanol–water partition coefficient (Wildman–Crippen LogP) is 3.44. The van der Waals surface area contributed by atoms with Gasteiger partial charge in [-0.05, 0) is 69.3 Å². The lowest BCUT2D eigenvalue weighted by Crippen LogP contribution is -2.38. The number of halogens is 1.